The van der Waals surface area contributed by atoms with Crippen LogP contribution >= 0.6 is 0 Å². The van der Waals surface area contributed by atoms with Gasteiger partial charge in [-0.2, -0.15) is 0 Å². The number of hydrogen-bond acceptors (Lipinski definition) is 4. The minimum absolute atomic E-state index is 0.576. The topological polar surface area (TPSA) is 45.3 Å². The normalized spacial score (nSPS) is 24.0. The summed E-state index contributed by atoms with van der Waals surface area (Å²) in [4.78, 5) is 0. The SMILES string of the molecule is C1NCOCNN1. The van der Waals surface area contributed by atoms with E-state index in [9.17, 15) is 0 Å². The predicted octanol–water partition coefficient (Wildman–Crippen LogP) is -1.43. The smallest absolute Gasteiger partial charge is 0.111 e. The molecule has 0 bridgehead atoms. The predicted molar refractivity (Wildman–Crippen MR) is 25.1 cm³/mol. The van der Waals surface area contributed by atoms with Crippen LogP contribution in [0, 0.1) is 0 Å². The second kappa shape index (κ2) is 2.92. The molecule has 0 aromatic heterocycles. The summed E-state index contributed by atoms with van der Waals surface area (Å²) in [6.45, 7) is 1.97. The molecule has 3 N–H and O–H groups in total. The lowest BCUT2D eigenvalue weighted by Crippen LogP contribution is -2.35. The lowest BCUT2D eigenvalue weighted by atomic mass is 11.0. The summed E-state index contributed by atoms with van der Waals surface area (Å²) in [5.74, 6) is 0. The standard InChI is InChI=1S/C3H9N3O/c1-4-2-7-3-6-5-1/h4-6H,1-3H2. The average Bonchev–Trinajstić information content (AvgIpc) is 1.90. The Morgan fingerprint density at radius 2 is 2.14 bits per heavy atom. The summed E-state index contributed by atoms with van der Waals surface area (Å²) in [6, 6.07) is 0. The Balaban J connectivity index is 2.04. The average molecular weight is 103 g/mol. The van der Waals surface area contributed by atoms with Crippen molar-refractivity contribution in [2.24, 2.45) is 0 Å². The van der Waals surface area contributed by atoms with Crippen molar-refractivity contribution < 1.29 is 4.74 Å². The van der Waals surface area contributed by atoms with Crippen molar-refractivity contribution in [1.82, 2.24) is 16.2 Å². The van der Waals surface area contributed by atoms with Gasteiger partial charge in [-0.3, -0.25) is 5.32 Å². The van der Waals surface area contributed by atoms with Crippen molar-refractivity contribution in [1.29, 1.82) is 0 Å². The van der Waals surface area contributed by atoms with Gasteiger partial charge in [-0.25, -0.2) is 10.9 Å². The molecule has 1 aliphatic heterocycles. The van der Waals surface area contributed by atoms with Gasteiger partial charge < -0.3 is 4.74 Å². The van der Waals surface area contributed by atoms with Crippen molar-refractivity contribution in [3.63, 3.8) is 0 Å². The van der Waals surface area contributed by atoms with E-state index in [1.165, 1.54) is 0 Å². The molecule has 0 aromatic rings. The van der Waals surface area contributed by atoms with Gasteiger partial charge in [0, 0.05) is 0 Å². The Bertz CT molecular complexity index is 29.8. The van der Waals surface area contributed by atoms with Crippen LogP contribution in [-0.4, -0.2) is 20.1 Å². The third kappa shape index (κ3) is 1.84. The lowest BCUT2D eigenvalue weighted by molar-refractivity contribution is 0.117. The molecule has 0 amide bonds. The second-order valence-corrected chi connectivity index (χ2v) is 1.27. The summed E-state index contributed by atoms with van der Waals surface area (Å²) in [5.41, 5.74) is 5.67. The zero-order valence-corrected chi connectivity index (χ0v) is 4.03. The molecule has 0 atom stereocenters. The van der Waals surface area contributed by atoms with Crippen LogP contribution in [0.2, 0.25) is 0 Å². The molecule has 42 valence electrons. The third-order valence-electron chi connectivity index (χ3n) is 0.717. The minimum Gasteiger partial charge on any atom is -0.350 e. The summed E-state index contributed by atoms with van der Waals surface area (Å²) >= 11 is 0. The van der Waals surface area contributed by atoms with Gasteiger partial charge in [0.05, 0.1) is 13.4 Å². The van der Waals surface area contributed by atoms with E-state index in [4.69, 9.17) is 4.74 Å². The highest BCUT2D eigenvalue weighted by Gasteiger charge is 1.89. The van der Waals surface area contributed by atoms with Crippen molar-refractivity contribution in [2.75, 3.05) is 20.1 Å². The van der Waals surface area contributed by atoms with Gasteiger partial charge in [-0.15, -0.1) is 0 Å². The Kier molecular flexibility index (Phi) is 2.08. The first-order valence-corrected chi connectivity index (χ1v) is 2.24. The number of rotatable bonds is 0. The van der Waals surface area contributed by atoms with Crippen LogP contribution in [0.15, 0.2) is 0 Å². The Labute approximate surface area is 42.2 Å². The number of hydrazine groups is 1. The first-order chi connectivity index (χ1) is 3.50. The quantitative estimate of drug-likeness (QED) is 0.352. The largest absolute Gasteiger partial charge is 0.350 e. The van der Waals surface area contributed by atoms with Crippen molar-refractivity contribution in [2.45, 2.75) is 0 Å². The van der Waals surface area contributed by atoms with Crippen LogP contribution in [0.1, 0.15) is 0 Å². The molecule has 4 heteroatoms. The van der Waals surface area contributed by atoms with Crippen LogP contribution in [0.3, 0.4) is 0 Å². The Hall–Kier alpha value is -0.160. The molecule has 1 fully saturated rings. The molecule has 0 aliphatic carbocycles. The minimum atomic E-state index is 0.576. The highest BCUT2D eigenvalue weighted by atomic mass is 16.5. The van der Waals surface area contributed by atoms with E-state index >= 15 is 0 Å². The fourth-order valence-corrected chi connectivity index (χ4v) is 0.401. The van der Waals surface area contributed by atoms with Crippen LogP contribution in [0.25, 0.3) is 0 Å². The molecule has 0 unspecified atom stereocenters. The molecule has 0 spiro atoms. The molecule has 0 aromatic carbocycles. The summed E-state index contributed by atoms with van der Waals surface area (Å²) in [6.07, 6.45) is 0. The van der Waals surface area contributed by atoms with E-state index in [1.807, 2.05) is 0 Å². The molecule has 1 heterocycles. The molecule has 1 rings (SSSR count). The lowest BCUT2D eigenvalue weighted by Gasteiger charge is -1.94. The molecule has 0 radical (unpaired) electrons. The van der Waals surface area contributed by atoms with Gasteiger partial charge in [-0.05, 0) is 0 Å². The van der Waals surface area contributed by atoms with Crippen molar-refractivity contribution in [3.8, 4) is 0 Å². The van der Waals surface area contributed by atoms with Gasteiger partial charge in [0.15, 0.2) is 0 Å². The first kappa shape index (κ1) is 4.99. The molecular weight excluding hydrogens is 94.1 g/mol. The van der Waals surface area contributed by atoms with Gasteiger partial charge in [0.1, 0.15) is 6.73 Å². The maximum absolute atomic E-state index is 4.91. The Morgan fingerprint density at radius 1 is 1.14 bits per heavy atom. The van der Waals surface area contributed by atoms with E-state index in [2.05, 4.69) is 16.2 Å². The van der Waals surface area contributed by atoms with Crippen LogP contribution in [-0.2, 0) is 4.74 Å². The van der Waals surface area contributed by atoms with Gasteiger partial charge in [0.25, 0.3) is 0 Å². The molecular formula is C3H9N3O. The molecule has 1 saturated heterocycles. The zero-order valence-electron chi connectivity index (χ0n) is 4.03. The van der Waals surface area contributed by atoms with Crippen LogP contribution < -0.4 is 16.2 Å². The van der Waals surface area contributed by atoms with Crippen LogP contribution in [0.5, 0.6) is 0 Å². The summed E-state index contributed by atoms with van der Waals surface area (Å²) in [5, 5.41) is 2.95. The Morgan fingerprint density at radius 3 is 3.14 bits per heavy atom. The van der Waals surface area contributed by atoms with Gasteiger partial charge in [-0.1, -0.05) is 0 Å². The number of ether oxygens (including phenoxy) is 1. The first-order valence-electron chi connectivity index (χ1n) is 2.24. The van der Waals surface area contributed by atoms with Gasteiger partial charge in [0.2, 0.25) is 0 Å². The summed E-state index contributed by atoms with van der Waals surface area (Å²) in [7, 11) is 0. The highest BCUT2D eigenvalue weighted by Crippen LogP contribution is 1.66. The van der Waals surface area contributed by atoms with E-state index in [0.29, 0.717) is 13.5 Å². The van der Waals surface area contributed by atoms with Crippen molar-refractivity contribution >= 4 is 0 Å². The molecule has 4 nitrogen and oxygen atoms in total. The van der Waals surface area contributed by atoms with Gasteiger partial charge >= 0.3 is 0 Å². The summed E-state index contributed by atoms with van der Waals surface area (Å²) < 4.78 is 4.91. The van der Waals surface area contributed by atoms with E-state index in [-0.39, 0.29) is 0 Å². The maximum atomic E-state index is 4.91. The third-order valence-corrected chi connectivity index (χ3v) is 0.717. The monoisotopic (exact) mass is 103 g/mol. The van der Waals surface area contributed by atoms with E-state index < -0.39 is 0 Å². The fraction of sp³-hybridized carbons (Fsp3) is 1.00. The molecule has 1 aliphatic rings. The maximum Gasteiger partial charge on any atom is 0.111 e. The van der Waals surface area contributed by atoms with E-state index in [0.717, 1.165) is 6.67 Å². The fourth-order valence-electron chi connectivity index (χ4n) is 0.401. The van der Waals surface area contributed by atoms with Crippen LogP contribution in [0.4, 0.5) is 0 Å². The highest BCUT2D eigenvalue weighted by molar-refractivity contribution is 4.36. The second-order valence-electron chi connectivity index (χ2n) is 1.27. The zero-order chi connectivity index (χ0) is 4.95. The molecule has 0 saturated carbocycles. The number of hydrogen-bond donors (Lipinski definition) is 3. The molecule has 7 heavy (non-hydrogen) atoms. The number of nitrogens with one attached hydrogen (secondary N) is 3. The van der Waals surface area contributed by atoms with E-state index in [1.54, 1.807) is 0 Å². The van der Waals surface area contributed by atoms with Crippen molar-refractivity contribution in [3.05, 3.63) is 0 Å².